The summed E-state index contributed by atoms with van der Waals surface area (Å²) in [4.78, 5) is 24.4. The van der Waals surface area contributed by atoms with Crippen LogP contribution in [0.2, 0.25) is 0 Å². The number of benzene rings is 2. The van der Waals surface area contributed by atoms with Crippen LogP contribution in [0, 0.1) is 6.92 Å². The van der Waals surface area contributed by atoms with Crippen LogP contribution in [0.1, 0.15) is 5.56 Å². The van der Waals surface area contributed by atoms with Gasteiger partial charge in [0, 0.05) is 14.1 Å². The van der Waals surface area contributed by atoms with Crippen molar-refractivity contribution >= 4 is 32.5 Å². The van der Waals surface area contributed by atoms with Crippen molar-refractivity contribution in [3.05, 3.63) is 52.4 Å². The maximum Gasteiger partial charge on any atom is 0.328 e. The van der Waals surface area contributed by atoms with Crippen molar-refractivity contribution in [3.63, 3.8) is 0 Å². The average Bonchev–Trinajstić information content (AvgIpc) is 2.85. The number of ether oxygens (including phenoxy) is 1. The lowest BCUT2D eigenvalue weighted by molar-refractivity contribution is -0.113. The second-order valence-corrected chi connectivity index (χ2v) is 8.55. The van der Waals surface area contributed by atoms with E-state index < -0.39 is 21.5 Å². The van der Waals surface area contributed by atoms with Crippen molar-refractivity contribution in [1.82, 2.24) is 9.13 Å². The van der Waals surface area contributed by atoms with E-state index in [-0.39, 0.29) is 10.6 Å². The zero-order valence-electron chi connectivity index (χ0n) is 16.0. The molecular weight excluding hydrogens is 382 g/mol. The fourth-order valence-corrected chi connectivity index (χ4v) is 4.19. The average molecular weight is 403 g/mol. The molecule has 28 heavy (non-hydrogen) atoms. The third-order valence-corrected chi connectivity index (χ3v) is 6.17. The summed E-state index contributed by atoms with van der Waals surface area (Å²) in [5.74, 6) is -0.959. The topological polar surface area (TPSA) is 99.4 Å². The number of methoxy groups -OCH3 is 1. The van der Waals surface area contributed by atoms with Gasteiger partial charge in [-0.1, -0.05) is 6.07 Å². The molecule has 0 aliphatic carbocycles. The minimum atomic E-state index is -3.90. The number of rotatable bonds is 5. The van der Waals surface area contributed by atoms with Crippen LogP contribution in [0.25, 0.3) is 11.0 Å². The van der Waals surface area contributed by atoms with E-state index in [2.05, 4.69) is 5.32 Å². The number of anilines is 1. The van der Waals surface area contributed by atoms with Gasteiger partial charge in [-0.2, -0.15) is 0 Å². The zero-order chi connectivity index (χ0) is 20.6. The molecule has 0 saturated carbocycles. The maximum absolute atomic E-state index is 12.7. The molecule has 1 aromatic heterocycles. The highest BCUT2D eigenvalue weighted by Crippen LogP contribution is 2.25. The Morgan fingerprint density at radius 2 is 1.75 bits per heavy atom. The van der Waals surface area contributed by atoms with Crippen LogP contribution < -0.4 is 15.7 Å². The van der Waals surface area contributed by atoms with Crippen molar-refractivity contribution in [2.45, 2.75) is 11.8 Å². The van der Waals surface area contributed by atoms with Crippen LogP contribution >= 0.6 is 0 Å². The van der Waals surface area contributed by atoms with Gasteiger partial charge in [-0.25, -0.2) is 13.2 Å². The smallest absolute Gasteiger partial charge is 0.328 e. The van der Waals surface area contributed by atoms with Crippen LogP contribution in [0.5, 0.6) is 5.75 Å². The van der Waals surface area contributed by atoms with Crippen molar-refractivity contribution in [1.29, 1.82) is 0 Å². The van der Waals surface area contributed by atoms with Gasteiger partial charge < -0.3 is 10.1 Å². The molecule has 0 spiro atoms. The van der Waals surface area contributed by atoms with Crippen LogP contribution in [-0.2, 0) is 28.7 Å². The molecule has 0 radical (unpaired) electrons. The van der Waals surface area contributed by atoms with Gasteiger partial charge in [-0.3, -0.25) is 13.9 Å². The zero-order valence-corrected chi connectivity index (χ0v) is 16.8. The van der Waals surface area contributed by atoms with Gasteiger partial charge in [0.1, 0.15) is 11.5 Å². The second kappa shape index (κ2) is 7.16. The Bertz CT molecular complexity index is 1240. The van der Waals surface area contributed by atoms with E-state index in [4.69, 9.17) is 4.74 Å². The molecule has 3 aromatic rings. The van der Waals surface area contributed by atoms with E-state index in [0.717, 1.165) is 5.56 Å². The molecule has 0 atom stereocenters. The van der Waals surface area contributed by atoms with E-state index in [1.165, 1.54) is 28.4 Å². The molecule has 9 heteroatoms. The fourth-order valence-electron chi connectivity index (χ4n) is 3.04. The van der Waals surface area contributed by atoms with Gasteiger partial charge in [0.25, 0.3) is 0 Å². The molecular formula is C19H21N3O5S. The van der Waals surface area contributed by atoms with Crippen molar-refractivity contribution in [3.8, 4) is 5.75 Å². The molecule has 8 nitrogen and oxygen atoms in total. The summed E-state index contributed by atoms with van der Waals surface area (Å²) in [6.45, 7) is 1.85. The first-order valence-corrected chi connectivity index (χ1v) is 10.1. The Hall–Kier alpha value is -3.07. The lowest BCUT2D eigenvalue weighted by Gasteiger charge is -2.11. The quantitative estimate of drug-likeness (QED) is 0.698. The van der Waals surface area contributed by atoms with Crippen LogP contribution in [0.4, 0.5) is 5.69 Å². The summed E-state index contributed by atoms with van der Waals surface area (Å²) >= 11 is 0. The van der Waals surface area contributed by atoms with E-state index in [1.807, 2.05) is 13.0 Å². The lowest BCUT2D eigenvalue weighted by Crippen LogP contribution is -2.23. The molecule has 3 rings (SSSR count). The number of aromatic nitrogens is 2. The number of hydrogen-bond donors (Lipinski definition) is 1. The normalized spacial score (nSPS) is 11.6. The Labute approximate surface area is 162 Å². The number of nitrogens with one attached hydrogen (secondary N) is 1. The van der Waals surface area contributed by atoms with Gasteiger partial charge in [-0.05, 0) is 42.8 Å². The lowest BCUT2D eigenvalue weighted by atomic mass is 10.2. The van der Waals surface area contributed by atoms with Crippen LogP contribution in [0.3, 0.4) is 0 Å². The maximum atomic E-state index is 12.7. The predicted molar refractivity (Wildman–Crippen MR) is 107 cm³/mol. The molecule has 0 aliphatic rings. The van der Waals surface area contributed by atoms with E-state index >= 15 is 0 Å². The Kier molecular flexibility index (Phi) is 5.03. The summed E-state index contributed by atoms with van der Waals surface area (Å²) in [5.41, 5.74) is 2.14. The van der Waals surface area contributed by atoms with Crippen molar-refractivity contribution in [2.24, 2.45) is 14.1 Å². The number of aryl methyl sites for hydroxylation is 3. The summed E-state index contributed by atoms with van der Waals surface area (Å²) in [6, 6.07) is 9.60. The highest BCUT2D eigenvalue weighted by atomic mass is 32.2. The summed E-state index contributed by atoms with van der Waals surface area (Å²) in [6.07, 6.45) is 0. The highest BCUT2D eigenvalue weighted by Gasteiger charge is 2.22. The van der Waals surface area contributed by atoms with Gasteiger partial charge >= 0.3 is 5.69 Å². The Morgan fingerprint density at radius 3 is 2.43 bits per heavy atom. The Morgan fingerprint density at radius 1 is 1.07 bits per heavy atom. The monoisotopic (exact) mass is 403 g/mol. The molecule has 0 fully saturated rings. The molecule has 148 valence electrons. The number of fused-ring (bicyclic) bond motifs is 1. The molecule has 0 bridgehead atoms. The first-order chi connectivity index (χ1) is 13.1. The van der Waals surface area contributed by atoms with Gasteiger partial charge in [0.2, 0.25) is 5.91 Å². The minimum absolute atomic E-state index is 0.0208. The van der Waals surface area contributed by atoms with E-state index in [9.17, 15) is 18.0 Å². The number of nitrogens with zero attached hydrogens (tertiary/aromatic N) is 2. The Balaban J connectivity index is 1.89. The summed E-state index contributed by atoms with van der Waals surface area (Å²) in [5, 5.41) is 2.59. The second-order valence-electron chi connectivity index (χ2n) is 6.56. The molecule has 1 amide bonds. The van der Waals surface area contributed by atoms with Gasteiger partial charge in [-0.15, -0.1) is 0 Å². The summed E-state index contributed by atoms with van der Waals surface area (Å²) < 4.78 is 33.4. The summed E-state index contributed by atoms with van der Waals surface area (Å²) in [7, 11) is 0.750. The molecule has 2 aromatic carbocycles. The van der Waals surface area contributed by atoms with Crippen LogP contribution in [0.15, 0.2) is 46.1 Å². The SMILES string of the molecule is COc1ccc(C)cc1NC(=O)CS(=O)(=O)c1ccc2c(c1)n(C)c(=O)n2C. The number of imidazole rings is 1. The molecule has 0 unspecified atom stereocenters. The standard InChI is InChI=1S/C19H21N3O5S/c1-12-5-8-17(27-4)14(9-12)20-18(23)11-28(25,26)13-6-7-15-16(10-13)22(3)19(24)21(15)2/h5-10H,11H2,1-4H3,(H,20,23). The third-order valence-electron chi connectivity index (χ3n) is 4.55. The van der Waals surface area contributed by atoms with Crippen molar-refractivity contribution in [2.75, 3.05) is 18.2 Å². The van der Waals surface area contributed by atoms with Gasteiger partial charge in [0.05, 0.1) is 28.7 Å². The highest BCUT2D eigenvalue weighted by molar-refractivity contribution is 7.92. The molecule has 1 heterocycles. The van der Waals surface area contributed by atoms with Crippen molar-refractivity contribution < 1.29 is 17.9 Å². The van der Waals surface area contributed by atoms with E-state index in [1.54, 1.807) is 32.3 Å². The number of carbonyl (C=O) groups excluding carboxylic acids is 1. The van der Waals surface area contributed by atoms with Crippen LogP contribution in [-0.4, -0.2) is 36.3 Å². The largest absolute Gasteiger partial charge is 0.495 e. The number of carbonyl (C=O) groups is 1. The first kappa shape index (κ1) is 19.7. The third kappa shape index (κ3) is 3.53. The number of hydrogen-bond acceptors (Lipinski definition) is 5. The molecule has 0 aliphatic heterocycles. The number of amides is 1. The predicted octanol–water partition coefficient (Wildman–Crippen LogP) is 1.61. The minimum Gasteiger partial charge on any atom is -0.495 e. The molecule has 1 N–H and O–H groups in total. The number of sulfone groups is 1. The van der Waals surface area contributed by atoms with Gasteiger partial charge in [0.15, 0.2) is 9.84 Å². The molecule has 0 saturated heterocycles. The first-order valence-electron chi connectivity index (χ1n) is 8.47. The van der Waals surface area contributed by atoms with E-state index in [0.29, 0.717) is 22.5 Å². The fraction of sp³-hybridized carbons (Fsp3) is 0.263.